The first-order valence-corrected chi connectivity index (χ1v) is 6.14. The van der Waals surface area contributed by atoms with Gasteiger partial charge < -0.3 is 10.4 Å². The molecule has 16 heavy (non-hydrogen) atoms. The monoisotopic (exact) mass is 233 g/mol. The first-order chi connectivity index (χ1) is 7.81. The van der Waals surface area contributed by atoms with Crippen LogP contribution in [0.4, 0.5) is 0 Å². The minimum absolute atomic E-state index is 0.497. The lowest BCUT2D eigenvalue weighted by molar-refractivity contribution is 0.224. The number of nitrogens with one attached hydrogen (secondary N) is 1. The summed E-state index contributed by atoms with van der Waals surface area (Å²) in [6, 6.07) is 12.0. The molecular weight excluding hydrogens is 218 g/mol. The molecule has 0 spiro atoms. The van der Waals surface area contributed by atoms with Gasteiger partial charge in [0.1, 0.15) is 6.10 Å². The molecule has 2 nitrogen and oxygen atoms in total. The number of thiophene rings is 1. The maximum atomic E-state index is 10.1. The Morgan fingerprint density at radius 3 is 2.56 bits per heavy atom. The van der Waals surface area contributed by atoms with Crippen molar-refractivity contribution in [1.82, 2.24) is 5.32 Å². The molecule has 0 amide bonds. The highest BCUT2D eigenvalue weighted by Gasteiger charge is 2.10. The van der Waals surface area contributed by atoms with Gasteiger partial charge >= 0.3 is 0 Å². The summed E-state index contributed by atoms with van der Waals surface area (Å²) >= 11 is 1.58. The van der Waals surface area contributed by atoms with Crippen LogP contribution in [-0.2, 0) is 6.54 Å². The molecule has 0 bridgehead atoms. The number of hydrogen-bond donors (Lipinski definition) is 2. The lowest BCUT2D eigenvalue weighted by Crippen LogP contribution is -2.05. The first kappa shape index (κ1) is 11.3. The van der Waals surface area contributed by atoms with Crippen LogP contribution in [0.1, 0.15) is 22.1 Å². The lowest BCUT2D eigenvalue weighted by Gasteiger charge is -2.09. The van der Waals surface area contributed by atoms with Crippen molar-refractivity contribution >= 4 is 11.3 Å². The summed E-state index contributed by atoms with van der Waals surface area (Å²) in [6.07, 6.45) is -0.497. The molecule has 0 aliphatic heterocycles. The molecular formula is C13H15NOS. The Morgan fingerprint density at radius 2 is 2.00 bits per heavy atom. The zero-order valence-electron chi connectivity index (χ0n) is 9.18. The highest BCUT2D eigenvalue weighted by atomic mass is 32.1. The fourth-order valence-corrected chi connectivity index (χ4v) is 2.37. The van der Waals surface area contributed by atoms with Gasteiger partial charge in [0.2, 0.25) is 0 Å². The Bertz CT molecular complexity index is 422. The van der Waals surface area contributed by atoms with Crippen molar-refractivity contribution in [3.8, 4) is 0 Å². The molecule has 1 aromatic heterocycles. The molecule has 1 aromatic carbocycles. The molecule has 0 aliphatic carbocycles. The molecule has 0 saturated heterocycles. The standard InChI is InChI=1S/C13H15NOS/c1-14-9-10-4-6-11(7-5-10)13(15)12-3-2-8-16-12/h2-8,13-15H,9H2,1H3. The van der Waals surface area contributed by atoms with E-state index >= 15 is 0 Å². The van der Waals surface area contributed by atoms with Gasteiger partial charge in [-0.05, 0) is 29.6 Å². The average molecular weight is 233 g/mol. The van der Waals surface area contributed by atoms with Gasteiger partial charge in [-0.2, -0.15) is 0 Å². The minimum atomic E-state index is -0.497. The quantitative estimate of drug-likeness (QED) is 0.850. The largest absolute Gasteiger partial charge is 0.383 e. The van der Waals surface area contributed by atoms with Crippen molar-refractivity contribution < 1.29 is 5.11 Å². The number of hydrogen-bond acceptors (Lipinski definition) is 3. The van der Waals surface area contributed by atoms with E-state index in [-0.39, 0.29) is 0 Å². The van der Waals surface area contributed by atoms with E-state index in [4.69, 9.17) is 0 Å². The van der Waals surface area contributed by atoms with Crippen molar-refractivity contribution in [3.63, 3.8) is 0 Å². The van der Waals surface area contributed by atoms with E-state index in [1.165, 1.54) is 5.56 Å². The van der Waals surface area contributed by atoms with E-state index in [2.05, 4.69) is 5.32 Å². The second kappa shape index (κ2) is 5.25. The molecule has 2 rings (SSSR count). The normalized spacial score (nSPS) is 12.6. The minimum Gasteiger partial charge on any atom is -0.383 e. The third-order valence-electron chi connectivity index (χ3n) is 2.49. The zero-order chi connectivity index (χ0) is 11.4. The zero-order valence-corrected chi connectivity index (χ0v) is 10.00. The molecule has 84 valence electrons. The molecule has 2 aromatic rings. The maximum absolute atomic E-state index is 10.1. The van der Waals surface area contributed by atoms with Crippen LogP contribution in [0.25, 0.3) is 0 Å². The number of benzene rings is 1. The molecule has 0 fully saturated rings. The van der Waals surface area contributed by atoms with Crippen molar-refractivity contribution in [2.75, 3.05) is 7.05 Å². The van der Waals surface area contributed by atoms with E-state index in [1.54, 1.807) is 11.3 Å². The van der Waals surface area contributed by atoms with Crippen LogP contribution >= 0.6 is 11.3 Å². The number of aliphatic hydroxyl groups excluding tert-OH is 1. The average Bonchev–Trinajstić information content (AvgIpc) is 2.83. The van der Waals surface area contributed by atoms with Crippen LogP contribution in [0.2, 0.25) is 0 Å². The van der Waals surface area contributed by atoms with Crippen LogP contribution in [-0.4, -0.2) is 12.2 Å². The van der Waals surface area contributed by atoms with Crippen LogP contribution in [0, 0.1) is 0 Å². The van der Waals surface area contributed by atoms with Gasteiger partial charge in [0.05, 0.1) is 0 Å². The van der Waals surface area contributed by atoms with Gasteiger partial charge in [-0.25, -0.2) is 0 Å². The lowest BCUT2D eigenvalue weighted by atomic mass is 10.1. The maximum Gasteiger partial charge on any atom is 0.113 e. The van der Waals surface area contributed by atoms with E-state index < -0.39 is 6.10 Å². The van der Waals surface area contributed by atoms with Crippen LogP contribution in [0.5, 0.6) is 0 Å². The van der Waals surface area contributed by atoms with Gasteiger partial charge in [-0.15, -0.1) is 11.3 Å². The smallest absolute Gasteiger partial charge is 0.113 e. The number of rotatable bonds is 4. The Morgan fingerprint density at radius 1 is 1.25 bits per heavy atom. The third kappa shape index (κ3) is 2.50. The fraction of sp³-hybridized carbons (Fsp3) is 0.231. The van der Waals surface area contributed by atoms with Crippen molar-refractivity contribution in [2.24, 2.45) is 0 Å². The fourth-order valence-electron chi connectivity index (χ4n) is 1.63. The van der Waals surface area contributed by atoms with E-state index in [9.17, 15) is 5.11 Å². The topological polar surface area (TPSA) is 32.3 Å². The summed E-state index contributed by atoms with van der Waals surface area (Å²) in [6.45, 7) is 0.857. The van der Waals surface area contributed by atoms with Crippen LogP contribution < -0.4 is 5.32 Å². The van der Waals surface area contributed by atoms with Gasteiger partial charge in [-0.1, -0.05) is 30.3 Å². The second-order valence-electron chi connectivity index (χ2n) is 3.69. The summed E-state index contributed by atoms with van der Waals surface area (Å²) in [4.78, 5) is 0.987. The molecule has 0 aliphatic rings. The predicted molar refractivity (Wildman–Crippen MR) is 67.6 cm³/mol. The highest BCUT2D eigenvalue weighted by molar-refractivity contribution is 7.10. The molecule has 2 N–H and O–H groups in total. The predicted octanol–water partition coefficient (Wildman–Crippen LogP) is 2.55. The van der Waals surface area contributed by atoms with Gasteiger partial charge in [0.15, 0.2) is 0 Å². The van der Waals surface area contributed by atoms with E-state index in [0.717, 1.165) is 17.0 Å². The molecule has 0 radical (unpaired) electrons. The van der Waals surface area contributed by atoms with E-state index in [0.29, 0.717) is 0 Å². The van der Waals surface area contributed by atoms with Gasteiger partial charge in [0.25, 0.3) is 0 Å². The van der Waals surface area contributed by atoms with Crippen LogP contribution in [0.15, 0.2) is 41.8 Å². The summed E-state index contributed by atoms with van der Waals surface area (Å²) < 4.78 is 0. The second-order valence-corrected chi connectivity index (χ2v) is 4.67. The summed E-state index contributed by atoms with van der Waals surface area (Å²) in [7, 11) is 1.93. The first-order valence-electron chi connectivity index (χ1n) is 5.26. The molecule has 1 heterocycles. The van der Waals surface area contributed by atoms with E-state index in [1.807, 2.05) is 48.8 Å². The van der Waals surface area contributed by atoms with Crippen LogP contribution in [0.3, 0.4) is 0 Å². The summed E-state index contributed by atoms with van der Waals surface area (Å²) in [5.74, 6) is 0. The highest BCUT2D eigenvalue weighted by Crippen LogP contribution is 2.25. The number of aliphatic hydroxyl groups is 1. The van der Waals surface area contributed by atoms with Crippen molar-refractivity contribution in [2.45, 2.75) is 12.6 Å². The summed E-state index contributed by atoms with van der Waals surface area (Å²) in [5, 5.41) is 15.2. The van der Waals surface area contributed by atoms with Crippen molar-refractivity contribution in [1.29, 1.82) is 0 Å². The Labute approximate surface area is 99.6 Å². The Kier molecular flexibility index (Phi) is 3.72. The molecule has 0 saturated carbocycles. The molecule has 3 heteroatoms. The van der Waals surface area contributed by atoms with Gasteiger partial charge in [0, 0.05) is 11.4 Å². The summed E-state index contributed by atoms with van der Waals surface area (Å²) in [5.41, 5.74) is 2.17. The third-order valence-corrected chi connectivity index (χ3v) is 3.41. The van der Waals surface area contributed by atoms with Gasteiger partial charge in [-0.3, -0.25) is 0 Å². The molecule has 1 unspecified atom stereocenters. The SMILES string of the molecule is CNCc1ccc(C(O)c2cccs2)cc1. The Hall–Kier alpha value is -1.16. The Balaban J connectivity index is 2.15. The molecule has 1 atom stereocenters. The van der Waals surface area contributed by atoms with Crippen molar-refractivity contribution in [3.05, 3.63) is 57.8 Å².